The highest BCUT2D eigenvalue weighted by molar-refractivity contribution is 5.89. The highest BCUT2D eigenvalue weighted by Gasteiger charge is 2.09. The predicted molar refractivity (Wildman–Crippen MR) is 63.9 cm³/mol. The smallest absolute Gasteiger partial charge is 0.325 e. The number of carbonyl (C=O) groups excluding carboxylic acids is 1. The predicted octanol–water partition coefficient (Wildman–Crippen LogP) is 1.16. The molecule has 2 aromatic heterocycles. The Bertz CT molecular complexity index is 562. The molecule has 0 aliphatic carbocycles. The third kappa shape index (κ3) is 2.35. The van der Waals surface area contributed by atoms with Crippen molar-refractivity contribution >= 4 is 22.8 Å². The van der Waals surface area contributed by atoms with E-state index in [1.807, 2.05) is 13.0 Å². The summed E-state index contributed by atoms with van der Waals surface area (Å²) in [7, 11) is 1.35. The van der Waals surface area contributed by atoms with Crippen LogP contribution in [0.2, 0.25) is 0 Å². The van der Waals surface area contributed by atoms with E-state index in [1.54, 1.807) is 6.92 Å². The van der Waals surface area contributed by atoms with Gasteiger partial charge < -0.3 is 15.0 Å². The van der Waals surface area contributed by atoms with Gasteiger partial charge in [-0.2, -0.15) is 0 Å². The molecule has 0 bridgehead atoms. The molecule has 0 aromatic carbocycles. The normalized spacial score (nSPS) is 10.5. The molecule has 6 heteroatoms. The fourth-order valence-electron chi connectivity index (χ4n) is 1.62. The molecule has 17 heavy (non-hydrogen) atoms. The van der Waals surface area contributed by atoms with Gasteiger partial charge in [-0.1, -0.05) is 0 Å². The monoisotopic (exact) mass is 234 g/mol. The largest absolute Gasteiger partial charge is 0.468 e. The van der Waals surface area contributed by atoms with Crippen LogP contribution in [0.1, 0.15) is 11.5 Å². The molecule has 0 saturated carbocycles. The number of carbonyl (C=O) groups is 1. The van der Waals surface area contributed by atoms with Crippen molar-refractivity contribution in [3.8, 4) is 0 Å². The number of aryl methyl sites for hydroxylation is 2. The maximum atomic E-state index is 11.1. The zero-order valence-corrected chi connectivity index (χ0v) is 10.00. The van der Waals surface area contributed by atoms with E-state index >= 15 is 0 Å². The number of fused-ring (bicyclic) bond motifs is 1. The quantitative estimate of drug-likeness (QED) is 0.779. The number of nitrogens with one attached hydrogen (secondary N) is 2. The second-order valence-electron chi connectivity index (χ2n) is 3.76. The lowest BCUT2D eigenvalue weighted by Gasteiger charge is -2.05. The molecular weight excluding hydrogens is 220 g/mol. The number of aromatic nitrogens is 3. The van der Waals surface area contributed by atoms with Gasteiger partial charge in [0.15, 0.2) is 0 Å². The summed E-state index contributed by atoms with van der Waals surface area (Å²) in [5.74, 6) is 0.954. The first-order valence-electron chi connectivity index (χ1n) is 5.25. The zero-order valence-electron chi connectivity index (χ0n) is 10.00. The summed E-state index contributed by atoms with van der Waals surface area (Å²) in [6, 6.07) is 1.94. The Balaban J connectivity index is 2.34. The Morgan fingerprint density at radius 3 is 2.94 bits per heavy atom. The fraction of sp³-hybridized carbons (Fsp3) is 0.364. The SMILES string of the molecule is COC(=O)CNc1nc(C)nc2[nH]c(C)cc12. The van der Waals surface area contributed by atoms with Crippen LogP contribution in [0, 0.1) is 13.8 Å². The van der Waals surface area contributed by atoms with Gasteiger partial charge in [-0.25, -0.2) is 9.97 Å². The maximum Gasteiger partial charge on any atom is 0.325 e. The highest BCUT2D eigenvalue weighted by Crippen LogP contribution is 2.20. The summed E-state index contributed by atoms with van der Waals surface area (Å²) < 4.78 is 4.57. The van der Waals surface area contributed by atoms with Crippen molar-refractivity contribution < 1.29 is 9.53 Å². The number of hydrogen-bond acceptors (Lipinski definition) is 5. The number of aromatic amines is 1. The molecule has 2 aromatic rings. The molecule has 0 spiro atoms. The highest BCUT2D eigenvalue weighted by atomic mass is 16.5. The number of anilines is 1. The van der Waals surface area contributed by atoms with E-state index in [-0.39, 0.29) is 12.5 Å². The van der Waals surface area contributed by atoms with Crippen LogP contribution in [0.3, 0.4) is 0 Å². The first kappa shape index (κ1) is 11.4. The minimum Gasteiger partial charge on any atom is -0.468 e. The van der Waals surface area contributed by atoms with E-state index in [1.165, 1.54) is 7.11 Å². The standard InChI is InChI=1S/C11H14N4O2/c1-6-4-8-10(12-5-9(16)17-3)14-7(2)15-11(8)13-6/h4H,5H2,1-3H3,(H2,12,13,14,15). The lowest BCUT2D eigenvalue weighted by Crippen LogP contribution is -2.16. The zero-order chi connectivity index (χ0) is 12.4. The lowest BCUT2D eigenvalue weighted by molar-refractivity contribution is -0.138. The van der Waals surface area contributed by atoms with Crippen molar-refractivity contribution in [3.05, 3.63) is 17.6 Å². The Labute approximate surface area is 98.4 Å². The van der Waals surface area contributed by atoms with Gasteiger partial charge in [0.25, 0.3) is 0 Å². The molecule has 0 fully saturated rings. The van der Waals surface area contributed by atoms with Gasteiger partial charge in [0.2, 0.25) is 0 Å². The van der Waals surface area contributed by atoms with Crippen LogP contribution < -0.4 is 5.32 Å². The molecule has 0 radical (unpaired) electrons. The maximum absolute atomic E-state index is 11.1. The molecular formula is C11H14N4O2. The number of rotatable bonds is 3. The van der Waals surface area contributed by atoms with Crippen molar-refractivity contribution in [2.75, 3.05) is 19.0 Å². The molecule has 90 valence electrons. The molecule has 2 rings (SSSR count). The van der Waals surface area contributed by atoms with Gasteiger partial charge in [-0.15, -0.1) is 0 Å². The molecule has 0 unspecified atom stereocenters. The van der Waals surface area contributed by atoms with Crippen molar-refractivity contribution in [3.63, 3.8) is 0 Å². The van der Waals surface area contributed by atoms with E-state index in [2.05, 4.69) is 25.0 Å². The van der Waals surface area contributed by atoms with E-state index in [9.17, 15) is 4.79 Å². The third-order valence-electron chi connectivity index (χ3n) is 2.36. The number of H-pyrrole nitrogens is 1. The van der Waals surface area contributed by atoms with Crippen molar-refractivity contribution in [2.24, 2.45) is 0 Å². The van der Waals surface area contributed by atoms with E-state index < -0.39 is 0 Å². The molecule has 6 nitrogen and oxygen atoms in total. The average Bonchev–Trinajstić information content (AvgIpc) is 2.65. The fourth-order valence-corrected chi connectivity index (χ4v) is 1.62. The average molecular weight is 234 g/mol. The number of methoxy groups -OCH3 is 1. The molecule has 0 aliphatic heterocycles. The summed E-state index contributed by atoms with van der Waals surface area (Å²) in [5, 5.41) is 3.82. The van der Waals surface area contributed by atoms with Crippen LogP contribution >= 0.6 is 0 Å². The Kier molecular flexibility index (Phi) is 2.95. The van der Waals surface area contributed by atoms with E-state index in [0.717, 1.165) is 16.7 Å². The van der Waals surface area contributed by atoms with Crippen molar-refractivity contribution in [1.82, 2.24) is 15.0 Å². The first-order chi connectivity index (χ1) is 8.10. The van der Waals surface area contributed by atoms with Gasteiger partial charge in [0.05, 0.1) is 12.5 Å². The molecule has 2 heterocycles. The topological polar surface area (TPSA) is 79.9 Å². The number of nitrogens with zero attached hydrogens (tertiary/aromatic N) is 2. The van der Waals surface area contributed by atoms with Gasteiger partial charge in [-0.05, 0) is 19.9 Å². The Morgan fingerprint density at radius 2 is 2.24 bits per heavy atom. The van der Waals surface area contributed by atoms with Gasteiger partial charge >= 0.3 is 5.97 Å². The van der Waals surface area contributed by atoms with Crippen molar-refractivity contribution in [1.29, 1.82) is 0 Å². The molecule has 0 amide bonds. The minimum atomic E-state index is -0.332. The summed E-state index contributed by atoms with van der Waals surface area (Å²) in [6.45, 7) is 3.84. The van der Waals surface area contributed by atoms with Crippen LogP contribution in [-0.2, 0) is 9.53 Å². The Morgan fingerprint density at radius 1 is 1.47 bits per heavy atom. The summed E-state index contributed by atoms with van der Waals surface area (Å²) in [4.78, 5) is 22.8. The Hall–Kier alpha value is -2.11. The number of ether oxygens (including phenoxy) is 1. The van der Waals surface area contributed by atoms with Gasteiger partial charge in [0.1, 0.15) is 23.8 Å². The summed E-state index contributed by atoms with van der Waals surface area (Å²) >= 11 is 0. The lowest BCUT2D eigenvalue weighted by atomic mass is 10.3. The molecule has 2 N–H and O–H groups in total. The van der Waals surface area contributed by atoms with Crippen LogP contribution in [0.5, 0.6) is 0 Å². The summed E-state index contributed by atoms with van der Waals surface area (Å²) in [5.41, 5.74) is 1.77. The van der Waals surface area contributed by atoms with E-state index in [4.69, 9.17) is 0 Å². The van der Waals surface area contributed by atoms with E-state index in [0.29, 0.717) is 11.6 Å². The summed E-state index contributed by atoms with van der Waals surface area (Å²) in [6.07, 6.45) is 0. The molecule has 0 saturated heterocycles. The number of esters is 1. The van der Waals surface area contributed by atoms with Crippen LogP contribution in [0.15, 0.2) is 6.07 Å². The first-order valence-corrected chi connectivity index (χ1v) is 5.25. The molecule has 0 atom stereocenters. The van der Waals surface area contributed by atoms with Crippen LogP contribution in [-0.4, -0.2) is 34.6 Å². The van der Waals surface area contributed by atoms with Crippen LogP contribution in [0.4, 0.5) is 5.82 Å². The van der Waals surface area contributed by atoms with Crippen molar-refractivity contribution in [2.45, 2.75) is 13.8 Å². The second-order valence-corrected chi connectivity index (χ2v) is 3.76. The molecule has 0 aliphatic rings. The van der Waals surface area contributed by atoms with Gasteiger partial charge in [-0.3, -0.25) is 4.79 Å². The van der Waals surface area contributed by atoms with Crippen LogP contribution in [0.25, 0.3) is 11.0 Å². The van der Waals surface area contributed by atoms with Gasteiger partial charge in [0, 0.05) is 5.69 Å². The number of hydrogen-bond donors (Lipinski definition) is 2. The third-order valence-corrected chi connectivity index (χ3v) is 2.36. The second kappa shape index (κ2) is 4.40. The minimum absolute atomic E-state index is 0.0896.